The van der Waals surface area contributed by atoms with Gasteiger partial charge in [-0.05, 0) is 41.1 Å². The molecule has 0 bridgehead atoms. The van der Waals surface area contributed by atoms with Gasteiger partial charge < -0.3 is 15.1 Å². The highest BCUT2D eigenvalue weighted by atomic mass is 79.9. The lowest BCUT2D eigenvalue weighted by Gasteiger charge is -2.34. The van der Waals surface area contributed by atoms with E-state index < -0.39 is 0 Å². The zero-order valence-corrected chi connectivity index (χ0v) is 14.9. The molecule has 0 saturated carbocycles. The zero-order valence-electron chi connectivity index (χ0n) is 11.7. The Balaban J connectivity index is 2.00. The van der Waals surface area contributed by atoms with Gasteiger partial charge in [0.25, 0.3) is 5.91 Å². The number of urea groups is 1. The second-order valence-corrected chi connectivity index (χ2v) is 6.51. The Morgan fingerprint density at radius 1 is 1.14 bits per heavy atom. The number of hydrogen-bond acceptors (Lipinski definition) is 2. The van der Waals surface area contributed by atoms with E-state index in [2.05, 4.69) is 37.2 Å². The van der Waals surface area contributed by atoms with Gasteiger partial charge in [-0.1, -0.05) is 15.9 Å². The first kappa shape index (κ1) is 16.3. The van der Waals surface area contributed by atoms with Gasteiger partial charge in [0, 0.05) is 41.7 Å². The molecule has 0 radical (unpaired) electrons. The number of benzene rings is 1. The Morgan fingerprint density at radius 2 is 1.76 bits per heavy atom. The summed E-state index contributed by atoms with van der Waals surface area (Å²) in [4.78, 5) is 27.8. The van der Waals surface area contributed by atoms with Crippen molar-refractivity contribution in [1.29, 1.82) is 0 Å². The number of piperazine rings is 1. The third-order valence-electron chi connectivity index (χ3n) is 3.34. The quantitative estimate of drug-likeness (QED) is 0.802. The Hall–Kier alpha value is -1.08. The lowest BCUT2D eigenvalue weighted by molar-refractivity contribution is 0.0664. The minimum Gasteiger partial charge on any atom is -0.338 e. The van der Waals surface area contributed by atoms with Crippen molar-refractivity contribution < 1.29 is 9.59 Å². The molecule has 7 heteroatoms. The number of nitrogens with zero attached hydrogens (tertiary/aromatic N) is 2. The number of carbonyl (C=O) groups excluding carboxylic acids is 2. The average molecular weight is 419 g/mol. The minimum absolute atomic E-state index is 0.0151. The number of nitrogens with one attached hydrogen (secondary N) is 1. The van der Waals surface area contributed by atoms with Crippen LogP contribution in [0.5, 0.6) is 0 Å². The standard InChI is InChI=1S/C14H17Br2N3O2/c1-2-17-14(21)19-7-5-18(6-8-19)13(20)11-9-10(15)3-4-12(11)16/h3-4,9H,2,5-8H2,1H3,(H,17,21). The van der Waals surface area contributed by atoms with Crippen molar-refractivity contribution in [3.8, 4) is 0 Å². The summed E-state index contributed by atoms with van der Waals surface area (Å²) in [6.07, 6.45) is 0. The molecule has 2 rings (SSSR count). The molecular weight excluding hydrogens is 402 g/mol. The second-order valence-electron chi connectivity index (χ2n) is 4.74. The van der Waals surface area contributed by atoms with Gasteiger partial charge in [-0.2, -0.15) is 0 Å². The van der Waals surface area contributed by atoms with Crippen LogP contribution >= 0.6 is 31.9 Å². The summed E-state index contributed by atoms with van der Waals surface area (Å²) in [5.74, 6) is -0.0151. The molecular formula is C14H17Br2N3O2. The predicted octanol–water partition coefficient (Wildman–Crippen LogP) is 2.70. The Morgan fingerprint density at radius 3 is 2.38 bits per heavy atom. The van der Waals surface area contributed by atoms with Gasteiger partial charge in [0.15, 0.2) is 0 Å². The van der Waals surface area contributed by atoms with Gasteiger partial charge in [-0.3, -0.25) is 4.79 Å². The van der Waals surface area contributed by atoms with Gasteiger partial charge in [0.2, 0.25) is 0 Å². The van der Waals surface area contributed by atoms with Gasteiger partial charge >= 0.3 is 6.03 Å². The van der Waals surface area contributed by atoms with Crippen LogP contribution < -0.4 is 5.32 Å². The Kier molecular flexibility index (Phi) is 5.64. The zero-order chi connectivity index (χ0) is 15.4. The highest BCUT2D eigenvalue weighted by Crippen LogP contribution is 2.23. The highest BCUT2D eigenvalue weighted by molar-refractivity contribution is 9.11. The van der Waals surface area contributed by atoms with Crippen molar-refractivity contribution >= 4 is 43.8 Å². The second kappa shape index (κ2) is 7.26. The van der Waals surface area contributed by atoms with E-state index in [4.69, 9.17) is 0 Å². The van der Waals surface area contributed by atoms with Crippen molar-refractivity contribution in [1.82, 2.24) is 15.1 Å². The summed E-state index contributed by atoms with van der Waals surface area (Å²) in [5, 5.41) is 2.78. The first-order chi connectivity index (χ1) is 10.0. The van der Waals surface area contributed by atoms with E-state index in [9.17, 15) is 9.59 Å². The van der Waals surface area contributed by atoms with Crippen molar-refractivity contribution in [3.05, 3.63) is 32.7 Å². The van der Waals surface area contributed by atoms with Crippen LogP contribution in [0.2, 0.25) is 0 Å². The molecule has 1 saturated heterocycles. The SMILES string of the molecule is CCNC(=O)N1CCN(C(=O)c2cc(Br)ccc2Br)CC1. The van der Waals surface area contributed by atoms with E-state index in [0.29, 0.717) is 38.3 Å². The molecule has 1 fully saturated rings. The third-order valence-corrected chi connectivity index (χ3v) is 4.53. The van der Waals surface area contributed by atoms with Crippen LogP contribution in [-0.2, 0) is 0 Å². The molecule has 114 valence electrons. The third kappa shape index (κ3) is 3.97. The fourth-order valence-corrected chi connectivity index (χ4v) is 2.98. The number of carbonyl (C=O) groups is 2. The molecule has 1 aliphatic rings. The van der Waals surface area contributed by atoms with E-state index in [1.807, 2.05) is 25.1 Å². The summed E-state index contributed by atoms with van der Waals surface area (Å²) in [7, 11) is 0. The molecule has 0 aromatic heterocycles. The summed E-state index contributed by atoms with van der Waals surface area (Å²) in [6, 6.07) is 5.48. The maximum absolute atomic E-state index is 12.5. The van der Waals surface area contributed by atoms with Gasteiger partial charge in [-0.15, -0.1) is 0 Å². The largest absolute Gasteiger partial charge is 0.338 e. The number of rotatable bonds is 2. The lowest BCUT2D eigenvalue weighted by atomic mass is 10.2. The molecule has 21 heavy (non-hydrogen) atoms. The van der Waals surface area contributed by atoms with E-state index in [0.717, 1.165) is 8.95 Å². The molecule has 0 aliphatic carbocycles. The molecule has 1 N–H and O–H groups in total. The molecule has 5 nitrogen and oxygen atoms in total. The smallest absolute Gasteiger partial charge is 0.317 e. The number of amides is 3. The monoisotopic (exact) mass is 417 g/mol. The van der Waals surface area contributed by atoms with Crippen LogP contribution in [0, 0.1) is 0 Å². The molecule has 1 heterocycles. The first-order valence-electron chi connectivity index (χ1n) is 6.80. The van der Waals surface area contributed by atoms with E-state index in [1.165, 1.54) is 0 Å². The van der Waals surface area contributed by atoms with Crippen LogP contribution in [0.3, 0.4) is 0 Å². The van der Waals surface area contributed by atoms with Crippen molar-refractivity contribution in [2.24, 2.45) is 0 Å². The molecule has 0 atom stereocenters. The first-order valence-corrected chi connectivity index (χ1v) is 8.38. The molecule has 0 spiro atoms. The summed E-state index contributed by atoms with van der Waals surface area (Å²) >= 11 is 6.79. The van der Waals surface area contributed by atoms with Crippen molar-refractivity contribution in [3.63, 3.8) is 0 Å². The molecule has 3 amide bonds. The van der Waals surface area contributed by atoms with E-state index in [-0.39, 0.29) is 11.9 Å². The fraction of sp³-hybridized carbons (Fsp3) is 0.429. The Bertz CT molecular complexity index is 543. The van der Waals surface area contributed by atoms with Gasteiger partial charge in [-0.25, -0.2) is 4.79 Å². The van der Waals surface area contributed by atoms with E-state index in [1.54, 1.807) is 9.80 Å². The summed E-state index contributed by atoms with van der Waals surface area (Å²) < 4.78 is 1.65. The molecule has 1 aliphatic heterocycles. The Labute approximate surface area is 140 Å². The maximum Gasteiger partial charge on any atom is 0.317 e. The topological polar surface area (TPSA) is 52.7 Å². The lowest BCUT2D eigenvalue weighted by Crippen LogP contribution is -2.53. The minimum atomic E-state index is -0.0618. The van der Waals surface area contributed by atoms with Gasteiger partial charge in [0.05, 0.1) is 5.56 Å². The average Bonchev–Trinajstić information content (AvgIpc) is 2.49. The fourth-order valence-electron chi connectivity index (χ4n) is 2.21. The number of halogens is 2. The molecule has 1 aromatic carbocycles. The predicted molar refractivity (Wildman–Crippen MR) is 88.4 cm³/mol. The summed E-state index contributed by atoms with van der Waals surface area (Å²) in [6.45, 7) is 4.72. The molecule has 0 unspecified atom stereocenters. The number of hydrogen-bond donors (Lipinski definition) is 1. The van der Waals surface area contributed by atoms with Crippen LogP contribution in [-0.4, -0.2) is 54.5 Å². The maximum atomic E-state index is 12.5. The van der Waals surface area contributed by atoms with Crippen LogP contribution in [0.4, 0.5) is 4.79 Å². The van der Waals surface area contributed by atoms with Gasteiger partial charge in [0.1, 0.15) is 0 Å². The highest BCUT2D eigenvalue weighted by Gasteiger charge is 2.25. The normalized spacial score (nSPS) is 15.0. The van der Waals surface area contributed by atoms with Crippen LogP contribution in [0.1, 0.15) is 17.3 Å². The molecule has 1 aromatic rings. The summed E-state index contributed by atoms with van der Waals surface area (Å²) in [5.41, 5.74) is 0.635. The van der Waals surface area contributed by atoms with Crippen molar-refractivity contribution in [2.45, 2.75) is 6.92 Å². The van der Waals surface area contributed by atoms with Crippen LogP contribution in [0.25, 0.3) is 0 Å². The van der Waals surface area contributed by atoms with Crippen molar-refractivity contribution in [2.75, 3.05) is 32.7 Å². The van der Waals surface area contributed by atoms with E-state index >= 15 is 0 Å². The van der Waals surface area contributed by atoms with Crippen LogP contribution in [0.15, 0.2) is 27.1 Å².